The molecule has 0 aliphatic rings. The number of nitrogens with one attached hydrogen (secondary N) is 8. The lowest BCUT2D eigenvalue weighted by molar-refractivity contribution is -0.143. The molecule has 70 heavy (non-hydrogen) atoms. The predicted octanol–water partition coefficient (Wildman–Crippen LogP) is -2.05. The maximum absolute atomic E-state index is 14.0. The van der Waals surface area contributed by atoms with Crippen molar-refractivity contribution < 1.29 is 58.5 Å². The maximum atomic E-state index is 14.0. The molecule has 8 amide bonds. The normalized spacial score (nSPS) is 15.8. The maximum Gasteiger partial charge on any atom is 0.326 e. The molecule has 0 aliphatic heterocycles. The van der Waals surface area contributed by atoms with Crippen LogP contribution in [-0.2, 0) is 43.2 Å². The van der Waals surface area contributed by atoms with Gasteiger partial charge in [-0.2, -0.15) is 0 Å². The highest BCUT2D eigenvalue weighted by atomic mass is 16.4. The Morgan fingerprint density at radius 1 is 0.457 bits per heavy atom. The summed E-state index contributed by atoms with van der Waals surface area (Å²) in [5, 5.41) is 50.4. The van der Waals surface area contributed by atoms with Gasteiger partial charge in [0.25, 0.3) is 0 Å². The molecule has 24 nitrogen and oxygen atoms in total. The average molecular weight is 999 g/mol. The molecule has 17 N–H and O–H groups in total. The predicted molar refractivity (Wildman–Crippen MR) is 263 cm³/mol. The minimum atomic E-state index is -1.67. The number of nitrogens with two attached hydrogens (primary N) is 3. The van der Waals surface area contributed by atoms with Crippen LogP contribution >= 0.6 is 0 Å². The number of hydrogen-bond donors (Lipinski definition) is 14. The number of aliphatic hydroxyl groups is 2. The molecule has 0 rings (SSSR count). The number of aliphatic hydroxyl groups excluding tert-OH is 2. The summed E-state index contributed by atoms with van der Waals surface area (Å²) in [6, 6.07) is -11.7. The molecular formula is C46H86N12O12. The van der Waals surface area contributed by atoms with Crippen LogP contribution in [0.3, 0.4) is 0 Å². The van der Waals surface area contributed by atoms with E-state index in [1.807, 2.05) is 27.7 Å². The summed E-state index contributed by atoms with van der Waals surface area (Å²) in [6.07, 6.45) is -0.272. The second-order valence-electron chi connectivity index (χ2n) is 20.0. The Kier molecular flexibility index (Phi) is 29.7. The topological polar surface area (TPSA) is 401 Å². The largest absolute Gasteiger partial charge is 0.480 e. The van der Waals surface area contributed by atoms with Gasteiger partial charge < -0.3 is 75.1 Å². The van der Waals surface area contributed by atoms with Crippen molar-refractivity contribution in [3.8, 4) is 0 Å². The van der Waals surface area contributed by atoms with Crippen molar-refractivity contribution in [1.82, 2.24) is 42.5 Å². The van der Waals surface area contributed by atoms with E-state index < -0.39 is 120 Å². The lowest BCUT2D eigenvalue weighted by atomic mass is 9.98. The lowest BCUT2D eigenvalue weighted by Crippen LogP contribution is -2.62. The molecule has 0 fully saturated rings. The summed E-state index contributed by atoms with van der Waals surface area (Å²) < 4.78 is 0. The van der Waals surface area contributed by atoms with E-state index in [-0.39, 0.29) is 80.6 Å². The number of guanidine groups is 1. The van der Waals surface area contributed by atoms with Gasteiger partial charge in [-0.25, -0.2) is 4.79 Å². The molecular weight excluding hydrogens is 913 g/mol. The molecule has 0 heterocycles. The molecule has 0 aliphatic carbocycles. The molecule has 0 spiro atoms. The second-order valence-corrected chi connectivity index (χ2v) is 20.0. The zero-order chi connectivity index (χ0) is 54.2. The molecule has 0 saturated carbocycles. The quantitative estimate of drug-likeness (QED) is 0.0191. The van der Waals surface area contributed by atoms with Gasteiger partial charge in [0, 0.05) is 6.54 Å². The van der Waals surface area contributed by atoms with Crippen LogP contribution in [0.2, 0.25) is 0 Å². The zero-order valence-corrected chi connectivity index (χ0v) is 43.2. The molecule has 0 aromatic rings. The fraction of sp³-hybridized carbons (Fsp3) is 0.783. The first-order valence-corrected chi connectivity index (χ1v) is 24.2. The number of carbonyl (C=O) groups is 9. The van der Waals surface area contributed by atoms with Crippen LogP contribution in [0.5, 0.6) is 0 Å². The Morgan fingerprint density at radius 3 is 1.13 bits per heavy atom. The van der Waals surface area contributed by atoms with Gasteiger partial charge in [-0.05, 0) is 88.4 Å². The van der Waals surface area contributed by atoms with Crippen molar-refractivity contribution in [1.29, 1.82) is 0 Å². The summed E-state index contributed by atoms with van der Waals surface area (Å²) in [4.78, 5) is 124. The van der Waals surface area contributed by atoms with Gasteiger partial charge in [-0.3, -0.25) is 43.3 Å². The van der Waals surface area contributed by atoms with Gasteiger partial charge in [-0.15, -0.1) is 0 Å². The highest BCUT2D eigenvalue weighted by Crippen LogP contribution is 2.13. The van der Waals surface area contributed by atoms with E-state index in [1.54, 1.807) is 41.5 Å². The molecule has 0 saturated heterocycles. The minimum Gasteiger partial charge on any atom is -0.480 e. The Hall–Kier alpha value is -5.62. The van der Waals surface area contributed by atoms with Gasteiger partial charge >= 0.3 is 5.97 Å². The highest BCUT2D eigenvalue weighted by molar-refractivity contribution is 5.98. The van der Waals surface area contributed by atoms with Crippen LogP contribution in [0, 0.1) is 29.6 Å². The third-order valence-electron chi connectivity index (χ3n) is 10.6. The Morgan fingerprint density at radius 2 is 0.786 bits per heavy atom. The van der Waals surface area contributed by atoms with E-state index in [0.29, 0.717) is 6.42 Å². The number of hydrogen-bond acceptors (Lipinski definition) is 13. The number of amides is 8. The van der Waals surface area contributed by atoms with Crippen LogP contribution in [0.4, 0.5) is 0 Å². The first-order valence-electron chi connectivity index (χ1n) is 24.2. The average Bonchev–Trinajstić information content (AvgIpc) is 3.23. The van der Waals surface area contributed by atoms with Crippen molar-refractivity contribution in [2.24, 2.45) is 51.8 Å². The van der Waals surface area contributed by atoms with Crippen molar-refractivity contribution >= 4 is 59.2 Å². The van der Waals surface area contributed by atoms with Gasteiger partial charge in [-0.1, -0.05) is 69.2 Å². The summed E-state index contributed by atoms with van der Waals surface area (Å²) >= 11 is 0. The number of aliphatic carboxylic acids is 1. The smallest absolute Gasteiger partial charge is 0.326 e. The summed E-state index contributed by atoms with van der Waals surface area (Å²) in [7, 11) is 0. The third-order valence-corrected chi connectivity index (χ3v) is 10.6. The number of aliphatic imine (C=N–C) groups is 1. The van der Waals surface area contributed by atoms with Gasteiger partial charge in [0.05, 0.1) is 18.8 Å². The molecule has 0 aromatic carbocycles. The molecule has 10 atom stereocenters. The molecule has 0 radical (unpaired) electrons. The first kappa shape index (κ1) is 64.4. The van der Waals surface area contributed by atoms with E-state index in [4.69, 9.17) is 17.2 Å². The summed E-state index contributed by atoms with van der Waals surface area (Å²) in [5.41, 5.74) is 16.8. The van der Waals surface area contributed by atoms with Crippen LogP contribution in [0.15, 0.2) is 4.99 Å². The van der Waals surface area contributed by atoms with Crippen molar-refractivity contribution in [3.05, 3.63) is 0 Å². The number of carboxylic acids is 1. The highest BCUT2D eigenvalue weighted by Gasteiger charge is 2.36. The van der Waals surface area contributed by atoms with Crippen molar-refractivity contribution in [2.45, 2.75) is 189 Å². The van der Waals surface area contributed by atoms with E-state index in [9.17, 15) is 58.5 Å². The molecule has 0 unspecified atom stereocenters. The van der Waals surface area contributed by atoms with E-state index >= 15 is 0 Å². The van der Waals surface area contributed by atoms with Gasteiger partial charge in [0.15, 0.2) is 5.96 Å². The summed E-state index contributed by atoms with van der Waals surface area (Å²) in [6.45, 7) is 19.8. The van der Waals surface area contributed by atoms with Crippen LogP contribution in [0.1, 0.15) is 128 Å². The minimum absolute atomic E-state index is 0.0579. The van der Waals surface area contributed by atoms with Gasteiger partial charge in [0.2, 0.25) is 47.3 Å². The van der Waals surface area contributed by atoms with Crippen molar-refractivity contribution in [3.63, 3.8) is 0 Å². The Balaban J connectivity index is 6.12. The number of rotatable bonds is 33. The van der Waals surface area contributed by atoms with E-state index in [1.165, 1.54) is 13.8 Å². The van der Waals surface area contributed by atoms with E-state index in [2.05, 4.69) is 47.5 Å². The van der Waals surface area contributed by atoms with Crippen LogP contribution < -0.4 is 59.7 Å². The molecule has 402 valence electrons. The third kappa shape index (κ3) is 25.8. The summed E-state index contributed by atoms with van der Waals surface area (Å²) in [5.74, 6) is -8.51. The van der Waals surface area contributed by atoms with Crippen LogP contribution in [0.25, 0.3) is 0 Å². The molecule has 24 heteroatoms. The number of carboxylic acid groups (broad SMARTS) is 1. The monoisotopic (exact) mass is 999 g/mol. The van der Waals surface area contributed by atoms with E-state index in [0.717, 1.165) is 0 Å². The Labute approximate surface area is 412 Å². The Bertz CT molecular complexity index is 1760. The number of carbonyl (C=O) groups excluding carboxylic acids is 8. The fourth-order valence-corrected chi connectivity index (χ4v) is 7.04. The van der Waals surface area contributed by atoms with Crippen LogP contribution in [-0.4, -0.2) is 148 Å². The standard InChI is InChI=1S/C46H86N12O12/c1-22(2)16-30(52-38(62)29(47)14-13-15-50-46(48)49)39(63)53-31(17-23(3)4)40(64)54-33(19-25(7)8)42(66)58-36(28(12)60)44(68)51-27(11)37(61)57-35(21-59)43(67)55-32(18-24(5)6)41(65)56-34(45(69)70)20-26(9)10/h22-36,59-60H,13-21,47H2,1-12H3,(H,51,68)(H,52,62)(H,53,63)(H,54,64)(H,55,67)(H,56,65)(H,57,61)(H,58,66)(H,69,70)(H4,48,49,50)/t27-,28+,29-,30-,31-,32-,33-,34-,35-,36-/m0/s1. The number of nitrogens with zero attached hydrogens (tertiary/aromatic N) is 1. The first-order chi connectivity index (χ1) is 32.4. The zero-order valence-electron chi connectivity index (χ0n) is 43.2. The fourth-order valence-electron chi connectivity index (χ4n) is 7.04. The van der Waals surface area contributed by atoms with Crippen molar-refractivity contribution in [2.75, 3.05) is 13.2 Å². The second kappa shape index (κ2) is 32.3. The molecule has 0 aromatic heterocycles. The lowest BCUT2D eigenvalue weighted by Gasteiger charge is -2.29. The SMILES string of the molecule is CC(C)C[C@H](NC(=O)[C@H](CC(C)C)NC(=O)[C@H](CO)NC(=O)[C@H](C)NC(=O)[C@@H](NC(=O)[C@H](CC(C)C)NC(=O)[C@H](CC(C)C)NC(=O)[C@H](CC(C)C)NC(=O)[C@@H](N)CCCN=C(N)N)[C@@H](C)O)C(=O)O. The molecule has 0 bridgehead atoms. The van der Waals surface area contributed by atoms with Gasteiger partial charge in [0.1, 0.15) is 48.3 Å².